The molecule has 0 unspecified atom stereocenters. The van der Waals surface area contributed by atoms with E-state index in [1.54, 1.807) is 13.0 Å². The fourth-order valence-corrected chi connectivity index (χ4v) is 3.85. The quantitative estimate of drug-likeness (QED) is 0.532. The molecule has 2 rings (SSSR count). The Labute approximate surface area is 174 Å². The Balaban J connectivity index is 2.12. The van der Waals surface area contributed by atoms with Crippen molar-refractivity contribution < 1.29 is 19.1 Å². The summed E-state index contributed by atoms with van der Waals surface area (Å²) in [4.78, 5) is 27.2. The maximum Gasteiger partial charge on any atom is 0.340 e. The van der Waals surface area contributed by atoms with Crippen molar-refractivity contribution in [3.05, 3.63) is 28.6 Å². The standard InChI is InChI=1S/C22H35N3O4/c1-7-25-16(3)18(20(17(25)4)21(27)29-8-2)9-10-19(26)23-15-22(5,6)24-11-13-28-14-12-24/h9-10H,7-8,11-15H2,1-6H3,(H,23,26)/b10-9+. The lowest BCUT2D eigenvalue weighted by atomic mass is 10.0. The van der Waals surface area contributed by atoms with Gasteiger partial charge in [0.25, 0.3) is 0 Å². The van der Waals surface area contributed by atoms with Gasteiger partial charge in [-0.05, 0) is 47.6 Å². The summed E-state index contributed by atoms with van der Waals surface area (Å²) in [5.41, 5.74) is 2.93. The van der Waals surface area contributed by atoms with Gasteiger partial charge in [-0.3, -0.25) is 9.69 Å². The fourth-order valence-electron chi connectivity index (χ4n) is 3.85. The van der Waals surface area contributed by atoms with Gasteiger partial charge in [-0.25, -0.2) is 4.79 Å². The zero-order chi connectivity index (χ0) is 21.6. The first-order chi connectivity index (χ1) is 13.7. The summed E-state index contributed by atoms with van der Waals surface area (Å²) < 4.78 is 12.7. The van der Waals surface area contributed by atoms with Crippen molar-refractivity contribution in [3.8, 4) is 0 Å². The van der Waals surface area contributed by atoms with Gasteiger partial charge in [0.1, 0.15) is 0 Å². The van der Waals surface area contributed by atoms with Crippen molar-refractivity contribution in [1.29, 1.82) is 0 Å². The molecule has 29 heavy (non-hydrogen) atoms. The van der Waals surface area contributed by atoms with Crippen LogP contribution in [-0.2, 0) is 20.8 Å². The van der Waals surface area contributed by atoms with Gasteiger partial charge in [-0.2, -0.15) is 0 Å². The number of nitrogens with one attached hydrogen (secondary N) is 1. The fraction of sp³-hybridized carbons (Fsp3) is 0.636. The Bertz CT molecular complexity index is 759. The average Bonchev–Trinajstić information content (AvgIpc) is 2.94. The predicted molar refractivity (Wildman–Crippen MR) is 114 cm³/mol. The van der Waals surface area contributed by atoms with E-state index in [9.17, 15) is 9.59 Å². The van der Waals surface area contributed by atoms with E-state index in [1.165, 1.54) is 6.08 Å². The van der Waals surface area contributed by atoms with Gasteiger partial charge in [0.15, 0.2) is 0 Å². The molecule has 1 aliphatic rings. The van der Waals surface area contributed by atoms with Crippen molar-refractivity contribution in [2.45, 2.75) is 53.6 Å². The third-order valence-corrected chi connectivity index (χ3v) is 5.59. The molecular formula is C22H35N3O4. The molecule has 1 aromatic rings. The average molecular weight is 406 g/mol. The summed E-state index contributed by atoms with van der Waals surface area (Å²) in [5, 5.41) is 2.99. The van der Waals surface area contributed by atoms with Crippen molar-refractivity contribution >= 4 is 18.0 Å². The van der Waals surface area contributed by atoms with Gasteiger partial charge in [-0.15, -0.1) is 0 Å². The lowest BCUT2D eigenvalue weighted by molar-refractivity contribution is -0.117. The molecule has 162 valence electrons. The number of esters is 1. The summed E-state index contributed by atoms with van der Waals surface area (Å²) in [6, 6.07) is 0. The molecule has 1 amide bonds. The number of aromatic nitrogens is 1. The molecule has 0 spiro atoms. The largest absolute Gasteiger partial charge is 0.462 e. The molecule has 1 aliphatic heterocycles. The lowest BCUT2D eigenvalue weighted by Crippen LogP contribution is -2.55. The Morgan fingerprint density at radius 2 is 1.83 bits per heavy atom. The van der Waals surface area contributed by atoms with E-state index >= 15 is 0 Å². The van der Waals surface area contributed by atoms with Crippen molar-refractivity contribution in [2.24, 2.45) is 0 Å². The molecule has 0 atom stereocenters. The first-order valence-corrected chi connectivity index (χ1v) is 10.4. The van der Waals surface area contributed by atoms with Crippen LogP contribution in [0.1, 0.15) is 55.0 Å². The second kappa shape index (κ2) is 10.1. The SMILES string of the molecule is CCOC(=O)c1c(/C=C/C(=O)NCC(C)(C)N2CCOCC2)c(C)n(CC)c1C. The second-order valence-electron chi connectivity index (χ2n) is 7.89. The maximum atomic E-state index is 12.5. The highest BCUT2D eigenvalue weighted by atomic mass is 16.5. The van der Waals surface area contributed by atoms with E-state index in [2.05, 4.69) is 28.6 Å². The summed E-state index contributed by atoms with van der Waals surface area (Å²) in [7, 11) is 0. The topological polar surface area (TPSA) is 72.8 Å². The smallest absolute Gasteiger partial charge is 0.340 e. The van der Waals surface area contributed by atoms with E-state index in [0.717, 1.165) is 49.8 Å². The summed E-state index contributed by atoms with van der Waals surface area (Å²) >= 11 is 0. The summed E-state index contributed by atoms with van der Waals surface area (Å²) in [6.07, 6.45) is 3.22. The van der Waals surface area contributed by atoms with Crippen LogP contribution in [0, 0.1) is 13.8 Å². The van der Waals surface area contributed by atoms with Crippen molar-refractivity contribution in [2.75, 3.05) is 39.5 Å². The van der Waals surface area contributed by atoms with Crippen LogP contribution in [0.4, 0.5) is 0 Å². The minimum Gasteiger partial charge on any atom is -0.462 e. The molecule has 0 bridgehead atoms. The van der Waals surface area contributed by atoms with E-state index in [1.807, 2.05) is 20.8 Å². The molecular weight excluding hydrogens is 370 g/mol. The molecule has 0 radical (unpaired) electrons. The van der Waals surface area contributed by atoms with Gasteiger partial charge in [0.05, 0.1) is 25.4 Å². The molecule has 0 aromatic carbocycles. The van der Waals surface area contributed by atoms with Crippen LogP contribution < -0.4 is 5.32 Å². The maximum absolute atomic E-state index is 12.5. The summed E-state index contributed by atoms with van der Waals surface area (Å²) in [5.74, 6) is -0.531. The highest BCUT2D eigenvalue weighted by Gasteiger charge is 2.28. The van der Waals surface area contributed by atoms with Crippen LogP contribution in [0.3, 0.4) is 0 Å². The minimum atomic E-state index is -0.353. The van der Waals surface area contributed by atoms with Gasteiger partial charge < -0.3 is 19.4 Å². The van der Waals surface area contributed by atoms with E-state index < -0.39 is 0 Å². The van der Waals surface area contributed by atoms with Gasteiger partial charge in [0.2, 0.25) is 5.91 Å². The lowest BCUT2D eigenvalue weighted by Gasteiger charge is -2.40. The minimum absolute atomic E-state index is 0.151. The van der Waals surface area contributed by atoms with Crippen molar-refractivity contribution in [3.63, 3.8) is 0 Å². The monoisotopic (exact) mass is 405 g/mol. The molecule has 1 aromatic heterocycles. The second-order valence-corrected chi connectivity index (χ2v) is 7.89. The molecule has 1 N–H and O–H groups in total. The Morgan fingerprint density at radius 3 is 2.41 bits per heavy atom. The Hall–Kier alpha value is -2.12. The third kappa shape index (κ3) is 5.48. The number of carbonyl (C=O) groups excluding carboxylic acids is 2. The zero-order valence-corrected chi connectivity index (χ0v) is 18.6. The first kappa shape index (κ1) is 23.2. The van der Waals surface area contributed by atoms with Crippen LogP contribution in [0.5, 0.6) is 0 Å². The Morgan fingerprint density at radius 1 is 1.17 bits per heavy atom. The third-order valence-electron chi connectivity index (χ3n) is 5.59. The van der Waals surface area contributed by atoms with Gasteiger partial charge in [0, 0.05) is 54.7 Å². The zero-order valence-electron chi connectivity index (χ0n) is 18.6. The molecule has 0 aliphatic carbocycles. The number of morpholine rings is 1. The number of ether oxygens (including phenoxy) is 2. The number of hydrogen-bond donors (Lipinski definition) is 1. The van der Waals surface area contributed by atoms with Crippen LogP contribution >= 0.6 is 0 Å². The highest BCUT2D eigenvalue weighted by molar-refractivity contribution is 5.98. The molecule has 7 heteroatoms. The van der Waals surface area contributed by atoms with E-state index in [-0.39, 0.29) is 17.4 Å². The van der Waals surface area contributed by atoms with E-state index in [0.29, 0.717) is 18.7 Å². The molecule has 7 nitrogen and oxygen atoms in total. The summed E-state index contributed by atoms with van der Waals surface area (Å²) in [6.45, 7) is 16.7. The van der Waals surface area contributed by atoms with Gasteiger partial charge >= 0.3 is 5.97 Å². The Kier molecular flexibility index (Phi) is 8.05. The normalized spacial score (nSPS) is 15.7. The van der Waals surface area contributed by atoms with Gasteiger partial charge in [-0.1, -0.05) is 0 Å². The number of nitrogens with zero attached hydrogens (tertiary/aromatic N) is 2. The van der Waals surface area contributed by atoms with Crippen LogP contribution in [0.15, 0.2) is 6.08 Å². The van der Waals surface area contributed by atoms with Crippen LogP contribution in [0.2, 0.25) is 0 Å². The highest BCUT2D eigenvalue weighted by Crippen LogP contribution is 2.25. The van der Waals surface area contributed by atoms with Crippen LogP contribution in [-0.4, -0.2) is 66.3 Å². The molecule has 2 heterocycles. The number of amides is 1. The number of carbonyl (C=O) groups is 2. The molecule has 1 fully saturated rings. The number of rotatable bonds is 8. The van der Waals surface area contributed by atoms with Crippen molar-refractivity contribution in [1.82, 2.24) is 14.8 Å². The molecule has 1 saturated heterocycles. The van der Waals surface area contributed by atoms with E-state index in [4.69, 9.17) is 9.47 Å². The molecule has 0 saturated carbocycles. The number of hydrogen-bond acceptors (Lipinski definition) is 5. The predicted octanol–water partition coefficient (Wildman–Crippen LogP) is 2.54. The first-order valence-electron chi connectivity index (χ1n) is 10.4. The van der Waals surface area contributed by atoms with Crippen LogP contribution in [0.25, 0.3) is 6.08 Å².